The molecule has 0 radical (unpaired) electrons. The largest absolute Gasteiger partial charge is 0.326 e. The third-order valence-corrected chi connectivity index (χ3v) is 3.60. The van der Waals surface area contributed by atoms with E-state index < -0.39 is 0 Å². The quantitative estimate of drug-likeness (QED) is 0.860. The maximum Gasteiger partial charge on any atom is 0.230 e. The average molecular weight is 310 g/mol. The summed E-state index contributed by atoms with van der Waals surface area (Å²) < 4.78 is 1.97. The Kier molecular flexibility index (Phi) is 4.99. The highest BCUT2D eigenvalue weighted by Crippen LogP contribution is 2.24. The van der Waals surface area contributed by atoms with Gasteiger partial charge in [-0.2, -0.15) is 0 Å². The maximum atomic E-state index is 11.8. The van der Waals surface area contributed by atoms with Crippen molar-refractivity contribution in [1.82, 2.24) is 0 Å². The predicted octanol–water partition coefficient (Wildman–Crippen LogP) is 3.62. The van der Waals surface area contributed by atoms with E-state index in [1.54, 1.807) is 18.2 Å². The first-order valence-corrected chi connectivity index (χ1v) is 7.01. The minimum atomic E-state index is -0.0588. The van der Waals surface area contributed by atoms with Crippen LogP contribution in [0.15, 0.2) is 42.7 Å². The summed E-state index contributed by atoms with van der Waals surface area (Å²) >= 11 is 11.7. The molecule has 1 aromatic heterocycles. The number of amides is 1. The van der Waals surface area contributed by atoms with Crippen molar-refractivity contribution < 1.29 is 9.36 Å². The number of carbonyl (C=O) groups is 1. The molecule has 1 heterocycles. The SMILES string of the molecule is Cc1cc[n+](CCC(=O)Nc2ccc(Cl)c(Cl)c2)cc1. The zero-order chi connectivity index (χ0) is 14.5. The number of nitrogens with zero attached hydrogens (tertiary/aromatic N) is 1. The molecule has 2 rings (SSSR count). The highest BCUT2D eigenvalue weighted by Gasteiger charge is 2.08. The summed E-state index contributed by atoms with van der Waals surface area (Å²) in [6, 6.07) is 9.05. The van der Waals surface area contributed by atoms with Gasteiger partial charge in [-0.1, -0.05) is 23.2 Å². The van der Waals surface area contributed by atoms with Crippen LogP contribution in [0.2, 0.25) is 10.0 Å². The fourth-order valence-electron chi connectivity index (χ4n) is 1.71. The molecule has 1 N–H and O–H groups in total. The van der Waals surface area contributed by atoms with E-state index in [-0.39, 0.29) is 5.91 Å². The van der Waals surface area contributed by atoms with Crippen molar-refractivity contribution in [2.75, 3.05) is 5.32 Å². The van der Waals surface area contributed by atoms with Crippen LogP contribution in [0.5, 0.6) is 0 Å². The monoisotopic (exact) mass is 309 g/mol. The molecular formula is C15H15Cl2N2O+. The van der Waals surface area contributed by atoms with Crippen LogP contribution in [-0.4, -0.2) is 5.91 Å². The zero-order valence-corrected chi connectivity index (χ0v) is 12.6. The number of aryl methyl sites for hydroxylation is 2. The van der Waals surface area contributed by atoms with Crippen molar-refractivity contribution in [3.8, 4) is 0 Å². The van der Waals surface area contributed by atoms with Gasteiger partial charge in [0, 0.05) is 17.8 Å². The van der Waals surface area contributed by atoms with Crippen molar-refractivity contribution in [2.24, 2.45) is 0 Å². The van der Waals surface area contributed by atoms with Crippen molar-refractivity contribution in [3.63, 3.8) is 0 Å². The first-order valence-electron chi connectivity index (χ1n) is 6.25. The topological polar surface area (TPSA) is 33.0 Å². The lowest BCUT2D eigenvalue weighted by atomic mass is 10.3. The Hall–Kier alpha value is -1.58. The molecule has 20 heavy (non-hydrogen) atoms. The lowest BCUT2D eigenvalue weighted by Gasteiger charge is -2.05. The van der Waals surface area contributed by atoms with Crippen LogP contribution in [0.1, 0.15) is 12.0 Å². The standard InChI is InChI=1S/C15H14Cl2N2O/c1-11-4-7-19(8-5-11)9-6-15(20)18-12-2-3-13(16)14(17)10-12/h2-5,7-8,10H,6,9H2,1H3/p+1. The molecular weight excluding hydrogens is 295 g/mol. The summed E-state index contributed by atoms with van der Waals surface area (Å²) in [6.45, 7) is 2.66. The van der Waals surface area contributed by atoms with Gasteiger partial charge in [-0.3, -0.25) is 4.79 Å². The molecule has 104 valence electrons. The first kappa shape index (κ1) is 14.8. The minimum Gasteiger partial charge on any atom is -0.326 e. The number of hydrogen-bond donors (Lipinski definition) is 1. The number of hydrogen-bond acceptors (Lipinski definition) is 1. The van der Waals surface area contributed by atoms with Gasteiger partial charge in [0.25, 0.3) is 0 Å². The van der Waals surface area contributed by atoms with Crippen molar-refractivity contribution in [1.29, 1.82) is 0 Å². The molecule has 0 aliphatic rings. The number of rotatable bonds is 4. The summed E-state index contributed by atoms with van der Waals surface area (Å²) in [4.78, 5) is 11.8. The van der Waals surface area contributed by atoms with E-state index in [4.69, 9.17) is 23.2 Å². The molecule has 0 spiro atoms. The molecule has 2 aromatic rings. The van der Waals surface area contributed by atoms with E-state index >= 15 is 0 Å². The number of nitrogens with one attached hydrogen (secondary N) is 1. The fourth-order valence-corrected chi connectivity index (χ4v) is 2.01. The molecule has 1 amide bonds. The second-order valence-electron chi connectivity index (χ2n) is 4.54. The molecule has 0 aliphatic carbocycles. The van der Waals surface area contributed by atoms with Gasteiger partial charge >= 0.3 is 0 Å². The average Bonchev–Trinajstić information content (AvgIpc) is 2.42. The molecule has 0 saturated carbocycles. The van der Waals surface area contributed by atoms with Crippen LogP contribution in [-0.2, 0) is 11.3 Å². The third kappa shape index (κ3) is 4.22. The molecule has 5 heteroatoms. The Morgan fingerprint density at radius 3 is 2.50 bits per heavy atom. The van der Waals surface area contributed by atoms with Gasteiger partial charge < -0.3 is 5.32 Å². The van der Waals surface area contributed by atoms with Gasteiger partial charge in [-0.15, -0.1) is 0 Å². The molecule has 0 unspecified atom stereocenters. The fraction of sp³-hybridized carbons (Fsp3) is 0.200. The zero-order valence-electron chi connectivity index (χ0n) is 11.1. The Morgan fingerprint density at radius 2 is 1.85 bits per heavy atom. The summed E-state index contributed by atoms with van der Waals surface area (Å²) in [5.41, 5.74) is 1.85. The van der Waals surface area contributed by atoms with Gasteiger partial charge in [-0.05, 0) is 30.7 Å². The van der Waals surface area contributed by atoms with Crippen molar-refractivity contribution >= 4 is 34.8 Å². The summed E-state index contributed by atoms with van der Waals surface area (Å²) in [5.74, 6) is -0.0588. The van der Waals surface area contributed by atoms with E-state index in [9.17, 15) is 4.79 Å². The number of halogens is 2. The second kappa shape index (κ2) is 6.73. The highest BCUT2D eigenvalue weighted by atomic mass is 35.5. The summed E-state index contributed by atoms with van der Waals surface area (Å²) in [6.07, 6.45) is 4.32. The van der Waals surface area contributed by atoms with E-state index in [0.29, 0.717) is 28.7 Å². The van der Waals surface area contributed by atoms with E-state index in [0.717, 1.165) is 0 Å². The first-order chi connectivity index (χ1) is 9.54. The van der Waals surface area contributed by atoms with E-state index in [1.165, 1.54) is 5.56 Å². The molecule has 0 fully saturated rings. The summed E-state index contributed by atoms with van der Waals surface area (Å²) in [5, 5.41) is 3.70. The van der Waals surface area contributed by atoms with Crippen LogP contribution in [0.25, 0.3) is 0 Å². The lowest BCUT2D eigenvalue weighted by molar-refractivity contribution is -0.695. The van der Waals surface area contributed by atoms with Crippen LogP contribution >= 0.6 is 23.2 Å². The van der Waals surface area contributed by atoms with E-state index in [1.807, 2.05) is 36.0 Å². The molecule has 0 aliphatic heterocycles. The molecule has 0 bridgehead atoms. The third-order valence-electron chi connectivity index (χ3n) is 2.86. The molecule has 3 nitrogen and oxygen atoms in total. The molecule has 0 saturated heterocycles. The van der Waals surface area contributed by atoms with Gasteiger partial charge in [0.05, 0.1) is 16.5 Å². The highest BCUT2D eigenvalue weighted by molar-refractivity contribution is 6.42. The number of anilines is 1. The number of carbonyl (C=O) groups excluding carboxylic acids is 1. The molecule has 0 atom stereocenters. The predicted molar refractivity (Wildman–Crippen MR) is 81.1 cm³/mol. The van der Waals surface area contributed by atoms with Crippen LogP contribution in [0, 0.1) is 6.92 Å². The summed E-state index contributed by atoms with van der Waals surface area (Å²) in [7, 11) is 0. The Morgan fingerprint density at radius 1 is 1.15 bits per heavy atom. The van der Waals surface area contributed by atoms with Crippen molar-refractivity contribution in [3.05, 3.63) is 58.3 Å². The van der Waals surface area contributed by atoms with Gasteiger partial charge in [-0.25, -0.2) is 4.57 Å². The Bertz CT molecular complexity index is 612. The number of pyridine rings is 1. The second-order valence-corrected chi connectivity index (χ2v) is 5.35. The smallest absolute Gasteiger partial charge is 0.230 e. The Balaban J connectivity index is 1.89. The lowest BCUT2D eigenvalue weighted by Crippen LogP contribution is -2.34. The number of aromatic nitrogens is 1. The van der Waals surface area contributed by atoms with Gasteiger partial charge in [0.2, 0.25) is 5.91 Å². The minimum absolute atomic E-state index is 0.0588. The normalized spacial score (nSPS) is 10.3. The van der Waals surface area contributed by atoms with Crippen LogP contribution in [0.4, 0.5) is 5.69 Å². The van der Waals surface area contributed by atoms with Crippen LogP contribution in [0.3, 0.4) is 0 Å². The maximum absolute atomic E-state index is 11.8. The van der Waals surface area contributed by atoms with Gasteiger partial charge in [0.15, 0.2) is 18.9 Å². The van der Waals surface area contributed by atoms with Gasteiger partial charge in [0.1, 0.15) is 0 Å². The van der Waals surface area contributed by atoms with Crippen molar-refractivity contribution in [2.45, 2.75) is 19.9 Å². The number of benzene rings is 1. The van der Waals surface area contributed by atoms with E-state index in [2.05, 4.69) is 5.32 Å². The van der Waals surface area contributed by atoms with Crippen LogP contribution < -0.4 is 9.88 Å². The molecule has 1 aromatic carbocycles. The Labute approximate surface area is 128 Å².